The molecule has 0 saturated heterocycles. The van der Waals surface area contributed by atoms with Gasteiger partial charge in [-0.25, -0.2) is 4.79 Å². The average molecular weight is 677 g/mol. The number of methoxy groups -OCH3 is 2. The first-order chi connectivity index (χ1) is 24.4. The van der Waals surface area contributed by atoms with E-state index in [1.165, 1.54) is 25.4 Å². The van der Waals surface area contributed by atoms with Crippen molar-refractivity contribution in [3.8, 4) is 0 Å². The Bertz CT molecular complexity index is 1950. The number of nitrogens with zero attached hydrogens (tertiary/aromatic N) is 3. The Balaban J connectivity index is 1.40. The van der Waals surface area contributed by atoms with Crippen LogP contribution in [0.5, 0.6) is 0 Å². The highest BCUT2D eigenvalue weighted by atomic mass is 16.5. The van der Waals surface area contributed by atoms with Gasteiger partial charge >= 0.3 is 11.9 Å². The highest BCUT2D eigenvalue weighted by molar-refractivity contribution is 5.96. The molecule has 50 heavy (non-hydrogen) atoms. The monoisotopic (exact) mass is 676 g/mol. The lowest BCUT2D eigenvalue weighted by Crippen LogP contribution is -2.49. The summed E-state index contributed by atoms with van der Waals surface area (Å²) in [5.74, 6) is -1.07. The van der Waals surface area contributed by atoms with Gasteiger partial charge in [-0.05, 0) is 74.6 Å². The van der Waals surface area contributed by atoms with E-state index in [4.69, 9.17) is 9.47 Å². The molecule has 2 aromatic heterocycles. The van der Waals surface area contributed by atoms with Crippen molar-refractivity contribution in [3.05, 3.63) is 94.3 Å². The van der Waals surface area contributed by atoms with Gasteiger partial charge in [0, 0.05) is 66.8 Å². The molecule has 3 aliphatic rings. The van der Waals surface area contributed by atoms with E-state index in [2.05, 4.69) is 81.7 Å². The second kappa shape index (κ2) is 14.6. The molecule has 0 aliphatic carbocycles. The van der Waals surface area contributed by atoms with Gasteiger partial charge in [-0.3, -0.25) is 14.6 Å². The number of H-pyrrole nitrogens is 1. The summed E-state index contributed by atoms with van der Waals surface area (Å²) in [6.07, 6.45) is 11.5. The summed E-state index contributed by atoms with van der Waals surface area (Å²) in [4.78, 5) is 37.3. The smallest absolute Gasteiger partial charge is 0.338 e. The van der Waals surface area contributed by atoms with Crippen LogP contribution in [0.4, 0.5) is 0 Å². The van der Waals surface area contributed by atoms with Crippen LogP contribution in [-0.2, 0) is 37.4 Å². The first-order valence-electron chi connectivity index (χ1n) is 18.6. The van der Waals surface area contributed by atoms with Gasteiger partial charge in [-0.2, -0.15) is 0 Å². The lowest BCUT2D eigenvalue weighted by atomic mass is 9.77. The number of rotatable bonds is 11. The molecule has 8 heteroatoms. The maximum Gasteiger partial charge on any atom is 0.338 e. The summed E-state index contributed by atoms with van der Waals surface area (Å²) < 4.78 is 13.5. The normalized spacial score (nSPS) is 21.6. The number of carbonyl (C=O) groups excluding carboxylic acids is 2. The van der Waals surface area contributed by atoms with Crippen LogP contribution in [0.25, 0.3) is 21.8 Å². The summed E-state index contributed by atoms with van der Waals surface area (Å²) in [6, 6.07) is 16.8. The van der Waals surface area contributed by atoms with E-state index in [1.807, 2.05) is 12.1 Å². The van der Waals surface area contributed by atoms with Gasteiger partial charge in [0.15, 0.2) is 5.54 Å². The predicted octanol–water partition coefficient (Wildman–Crippen LogP) is 7.26. The second-order valence-corrected chi connectivity index (χ2v) is 14.3. The Kier molecular flexibility index (Phi) is 10.0. The first kappa shape index (κ1) is 34.3. The van der Waals surface area contributed by atoms with E-state index in [0.717, 1.165) is 122 Å². The van der Waals surface area contributed by atoms with Gasteiger partial charge in [0.1, 0.15) is 0 Å². The van der Waals surface area contributed by atoms with Crippen molar-refractivity contribution in [2.45, 2.75) is 76.7 Å². The van der Waals surface area contributed by atoms with Crippen molar-refractivity contribution < 1.29 is 19.1 Å². The van der Waals surface area contributed by atoms with Gasteiger partial charge in [0.25, 0.3) is 0 Å². The first-order valence-corrected chi connectivity index (χ1v) is 18.6. The molecule has 0 saturated carbocycles. The molecule has 0 spiro atoms. The fourth-order valence-corrected chi connectivity index (χ4v) is 9.05. The molecule has 0 fully saturated rings. The molecule has 4 aromatic rings. The average Bonchev–Trinajstić information content (AvgIpc) is 3.72. The van der Waals surface area contributed by atoms with E-state index < -0.39 is 11.5 Å². The molecular weight excluding hydrogens is 624 g/mol. The van der Waals surface area contributed by atoms with Gasteiger partial charge < -0.3 is 19.0 Å². The fourth-order valence-electron chi connectivity index (χ4n) is 9.05. The third-order valence-corrected chi connectivity index (χ3v) is 11.6. The number of hydrogen-bond acceptors (Lipinski definition) is 6. The molecule has 264 valence electrons. The number of esters is 2. The minimum atomic E-state index is -1.19. The third kappa shape index (κ3) is 6.00. The Morgan fingerprint density at radius 3 is 2.08 bits per heavy atom. The summed E-state index contributed by atoms with van der Waals surface area (Å²) >= 11 is 0. The van der Waals surface area contributed by atoms with Crippen molar-refractivity contribution >= 4 is 33.7 Å². The van der Waals surface area contributed by atoms with Crippen LogP contribution in [-0.4, -0.2) is 84.8 Å². The number of fused-ring (bicyclic) bond motifs is 4. The molecule has 1 N–H and O–H groups in total. The van der Waals surface area contributed by atoms with Crippen LogP contribution in [0.15, 0.2) is 71.8 Å². The molecule has 7 rings (SSSR count). The maximum atomic E-state index is 14.7. The number of aromatic nitrogens is 2. The molecule has 2 atom stereocenters. The zero-order valence-electron chi connectivity index (χ0n) is 30.2. The lowest BCUT2D eigenvalue weighted by molar-refractivity contribution is -0.152. The zero-order chi connectivity index (χ0) is 34.8. The minimum absolute atomic E-state index is 0.260. The second-order valence-electron chi connectivity index (χ2n) is 14.3. The molecule has 0 radical (unpaired) electrons. The van der Waals surface area contributed by atoms with E-state index in [9.17, 15) is 9.59 Å². The van der Waals surface area contributed by atoms with Crippen LogP contribution in [0.3, 0.4) is 0 Å². The van der Waals surface area contributed by atoms with E-state index >= 15 is 0 Å². The van der Waals surface area contributed by atoms with Gasteiger partial charge in [-0.1, -0.05) is 73.5 Å². The Labute approximate surface area is 296 Å². The standard InChI is InChI=1S/C42H52N4O4/c1-5-29-13-11-23-44(27-29)25-20-33-32-16-8-10-18-37(32)46-38(33)35(40(47)49-3)19-22-42(46,41(48)50-4)39-34(31-15-7-9-17-36(31)43-39)21-26-45-24-12-14-30(6-2)28-45/h7-10,13-18,35,43H,5-6,11-12,19-28H2,1-4H3. The molecular formula is C42H52N4O4. The quantitative estimate of drug-likeness (QED) is 0.133. The molecule has 2 unspecified atom stereocenters. The van der Waals surface area contributed by atoms with Crippen LogP contribution < -0.4 is 0 Å². The van der Waals surface area contributed by atoms with Crippen molar-refractivity contribution in [2.24, 2.45) is 0 Å². The molecule has 0 amide bonds. The zero-order valence-corrected chi connectivity index (χ0v) is 30.2. The van der Waals surface area contributed by atoms with Crippen molar-refractivity contribution in [1.29, 1.82) is 0 Å². The summed E-state index contributed by atoms with van der Waals surface area (Å²) in [6.45, 7) is 10.2. The largest absolute Gasteiger partial charge is 0.469 e. The highest BCUT2D eigenvalue weighted by Crippen LogP contribution is 2.50. The Morgan fingerprint density at radius 2 is 1.44 bits per heavy atom. The maximum absolute atomic E-state index is 14.7. The topological polar surface area (TPSA) is 79.8 Å². The van der Waals surface area contributed by atoms with Gasteiger partial charge in [0.2, 0.25) is 0 Å². The van der Waals surface area contributed by atoms with Crippen molar-refractivity contribution in [1.82, 2.24) is 19.4 Å². The van der Waals surface area contributed by atoms with E-state index in [0.29, 0.717) is 12.8 Å². The summed E-state index contributed by atoms with van der Waals surface area (Å²) in [5, 5.41) is 2.21. The number of ether oxygens (including phenoxy) is 2. The fraction of sp³-hybridized carbons (Fsp3) is 0.476. The van der Waals surface area contributed by atoms with Crippen LogP contribution in [0.1, 0.15) is 80.8 Å². The number of aromatic amines is 1. The van der Waals surface area contributed by atoms with Gasteiger partial charge in [0.05, 0.1) is 25.8 Å². The Hall–Kier alpha value is -4.14. The number of carbonyl (C=O) groups is 2. The number of hydrogen-bond donors (Lipinski definition) is 1. The number of nitrogens with one attached hydrogen (secondary N) is 1. The molecule has 5 heterocycles. The third-order valence-electron chi connectivity index (χ3n) is 11.6. The summed E-state index contributed by atoms with van der Waals surface area (Å²) in [5.41, 5.74) is 7.76. The SMILES string of the molecule is CCC1=CCCN(CCc2c(C3(C(=O)OC)CCC(C(=O)OC)c4c(CCN5CCC=C(CC)C5)c5ccccc5n43)[nH]c3ccccc23)C1. The molecule has 2 aromatic carbocycles. The van der Waals surface area contributed by atoms with E-state index in [1.54, 1.807) is 0 Å². The Morgan fingerprint density at radius 1 is 0.820 bits per heavy atom. The van der Waals surface area contributed by atoms with Crippen LogP contribution >= 0.6 is 0 Å². The van der Waals surface area contributed by atoms with Crippen LogP contribution in [0, 0.1) is 0 Å². The van der Waals surface area contributed by atoms with Crippen LogP contribution in [0.2, 0.25) is 0 Å². The van der Waals surface area contributed by atoms with Crippen molar-refractivity contribution in [2.75, 3.05) is 53.5 Å². The van der Waals surface area contributed by atoms with Gasteiger partial charge in [-0.15, -0.1) is 0 Å². The number of para-hydroxylation sites is 2. The molecule has 8 nitrogen and oxygen atoms in total. The van der Waals surface area contributed by atoms with Crippen molar-refractivity contribution in [3.63, 3.8) is 0 Å². The summed E-state index contributed by atoms with van der Waals surface area (Å²) in [7, 11) is 2.96. The minimum Gasteiger partial charge on any atom is -0.469 e. The molecule has 3 aliphatic heterocycles. The molecule has 0 bridgehead atoms. The number of benzene rings is 2. The lowest BCUT2D eigenvalue weighted by Gasteiger charge is -2.41. The highest BCUT2D eigenvalue weighted by Gasteiger charge is 2.53. The predicted molar refractivity (Wildman–Crippen MR) is 200 cm³/mol. The van der Waals surface area contributed by atoms with E-state index in [-0.39, 0.29) is 11.9 Å².